The molecule has 3 aliphatic rings. The maximum atomic E-state index is 11.5. The molecule has 0 aromatic rings. The number of carbonyl (C=O) groups is 1. The molecule has 2 nitrogen and oxygen atoms in total. The van der Waals surface area contributed by atoms with Gasteiger partial charge in [-0.3, -0.25) is 0 Å². The van der Waals surface area contributed by atoms with E-state index in [-0.39, 0.29) is 23.6 Å². The molecule has 3 saturated carbocycles. The molecule has 16 heavy (non-hydrogen) atoms. The Morgan fingerprint density at radius 3 is 2.56 bits per heavy atom. The summed E-state index contributed by atoms with van der Waals surface area (Å²) in [7, 11) is 3.93. The average molecular weight is 371 g/mol. The summed E-state index contributed by atoms with van der Waals surface area (Å²) in [6, 6.07) is 0. The number of fused-ring (bicyclic) bond motifs is 1. The van der Waals surface area contributed by atoms with Crippen molar-refractivity contribution in [3.05, 3.63) is 0 Å². The van der Waals surface area contributed by atoms with Gasteiger partial charge in [-0.25, -0.2) is 0 Å². The summed E-state index contributed by atoms with van der Waals surface area (Å²) in [5, 5.41) is 0. The molecule has 2 bridgehead atoms. The number of halogens is 1. The van der Waals surface area contributed by atoms with Crippen LogP contribution < -0.4 is 0 Å². The molecule has 0 aliphatic heterocycles. The molecule has 92 valence electrons. The third kappa shape index (κ3) is 1.42. The zero-order chi connectivity index (χ0) is 12.2. The first-order valence-corrected chi connectivity index (χ1v) is 10.3. The molecule has 3 aliphatic carbocycles. The van der Waals surface area contributed by atoms with Crippen molar-refractivity contribution < 1.29 is 8.98 Å². The standard InChI is InChI=1S/C11H17IO2PS/c1-9(2)10(3)4-5-11(9,7-13)8(10)6-14-16(12)15/h7-8H,4-6H2,1-3H3/q-1/t8-,10-,11?/m1/s1. The van der Waals surface area contributed by atoms with Crippen LogP contribution in [0.1, 0.15) is 33.6 Å². The molecule has 3 rings (SSSR count). The van der Waals surface area contributed by atoms with Crippen molar-refractivity contribution >= 4 is 42.6 Å². The summed E-state index contributed by atoms with van der Waals surface area (Å²) in [6.45, 7) is 7.44. The Hall–Kier alpha value is 1.14. The van der Waals surface area contributed by atoms with Gasteiger partial charge in [0.2, 0.25) is 0 Å². The fourth-order valence-electron chi connectivity index (χ4n) is 4.08. The topological polar surface area (TPSA) is 26.3 Å². The zero-order valence-corrected chi connectivity index (χ0v) is 13.7. The predicted molar refractivity (Wildman–Crippen MR) is 77.4 cm³/mol. The summed E-state index contributed by atoms with van der Waals surface area (Å²) in [5.41, 5.74) is 0.236. The van der Waals surface area contributed by atoms with Crippen molar-refractivity contribution in [1.29, 1.82) is 0 Å². The second-order valence-electron chi connectivity index (χ2n) is 5.74. The van der Waals surface area contributed by atoms with Gasteiger partial charge in [0.15, 0.2) is 0 Å². The van der Waals surface area contributed by atoms with Gasteiger partial charge < -0.3 is 0 Å². The first kappa shape index (κ1) is 13.6. The molecule has 0 amide bonds. The fourth-order valence-corrected chi connectivity index (χ4v) is 4.95. The third-order valence-electron chi connectivity index (χ3n) is 5.58. The number of hydrogen-bond donors (Lipinski definition) is 0. The minimum atomic E-state index is -0.321. The van der Waals surface area contributed by atoms with Crippen molar-refractivity contribution in [3.63, 3.8) is 0 Å². The molecule has 0 saturated heterocycles. The number of rotatable bonds is 3. The molecular formula is C11H17IO2PS-. The van der Waals surface area contributed by atoms with Crippen LogP contribution in [-0.4, -0.2) is 12.9 Å². The van der Waals surface area contributed by atoms with E-state index in [0.717, 1.165) is 12.8 Å². The van der Waals surface area contributed by atoms with Crippen molar-refractivity contribution in [2.24, 2.45) is 22.2 Å². The number of aldehydes is 1. The van der Waals surface area contributed by atoms with Crippen LogP contribution in [0, 0.1) is 22.2 Å². The van der Waals surface area contributed by atoms with Gasteiger partial charge in [-0.05, 0) is 0 Å². The quantitative estimate of drug-likeness (QED) is 0.326. The van der Waals surface area contributed by atoms with Gasteiger partial charge in [-0.2, -0.15) is 0 Å². The van der Waals surface area contributed by atoms with Crippen LogP contribution >= 0.6 is 29.0 Å². The maximum absolute atomic E-state index is 11.5. The molecule has 0 aromatic heterocycles. The van der Waals surface area contributed by atoms with E-state index in [9.17, 15) is 4.79 Å². The zero-order valence-electron chi connectivity index (χ0n) is 9.83. The first-order valence-electron chi connectivity index (χ1n) is 5.51. The van der Waals surface area contributed by atoms with Crippen molar-refractivity contribution in [2.45, 2.75) is 33.6 Å². The van der Waals surface area contributed by atoms with E-state index >= 15 is 0 Å². The summed E-state index contributed by atoms with van der Waals surface area (Å²) in [5.74, 6) is 0.379. The third-order valence-corrected chi connectivity index (χ3v) is 6.99. The van der Waals surface area contributed by atoms with E-state index in [0.29, 0.717) is 12.5 Å². The molecule has 0 radical (unpaired) electrons. The minimum absolute atomic E-state index is 0.121. The van der Waals surface area contributed by atoms with Crippen LogP contribution in [0.5, 0.6) is 0 Å². The van der Waals surface area contributed by atoms with E-state index in [1.807, 2.05) is 0 Å². The number of hydrogen-bond acceptors (Lipinski definition) is 3. The van der Waals surface area contributed by atoms with Crippen molar-refractivity contribution in [3.8, 4) is 0 Å². The van der Waals surface area contributed by atoms with Gasteiger partial charge in [0.1, 0.15) is 0 Å². The van der Waals surface area contributed by atoms with Gasteiger partial charge in [0.05, 0.1) is 0 Å². The summed E-state index contributed by atoms with van der Waals surface area (Å²) in [4.78, 5) is 11.5. The van der Waals surface area contributed by atoms with Crippen LogP contribution in [0.3, 0.4) is 0 Å². The molecule has 0 heterocycles. The first-order chi connectivity index (χ1) is 7.32. The van der Waals surface area contributed by atoms with Crippen LogP contribution in [0.15, 0.2) is 0 Å². The van der Waals surface area contributed by atoms with E-state index in [4.69, 9.17) is 4.18 Å². The molecule has 0 aromatic carbocycles. The van der Waals surface area contributed by atoms with Gasteiger partial charge in [-0.15, -0.1) is 0 Å². The second-order valence-corrected chi connectivity index (χ2v) is 11.9. The van der Waals surface area contributed by atoms with Crippen LogP contribution in [0.4, 0.5) is 0 Å². The van der Waals surface area contributed by atoms with Gasteiger partial charge in [0, 0.05) is 0 Å². The SMILES string of the molecule is CC1(C)C2(C=O)CC[C@]1(C)[C@H]2CO[S-](#P)I. The Bertz CT molecular complexity index is 403. The Balaban J connectivity index is 2.23. The Kier molecular flexibility index (Phi) is 3.45. The molecule has 1 unspecified atom stereocenters. The van der Waals surface area contributed by atoms with Crippen molar-refractivity contribution in [2.75, 3.05) is 6.61 Å². The molecule has 0 N–H and O–H groups in total. The van der Waals surface area contributed by atoms with Crippen LogP contribution in [0.2, 0.25) is 0 Å². The summed E-state index contributed by atoms with van der Waals surface area (Å²) >= 11 is 2.16. The molecule has 5 heteroatoms. The Morgan fingerprint density at radius 2 is 2.12 bits per heavy atom. The van der Waals surface area contributed by atoms with Crippen LogP contribution in [0.25, 0.3) is 0 Å². The van der Waals surface area contributed by atoms with Crippen LogP contribution in [-0.2, 0) is 16.3 Å². The number of carbonyl (C=O) groups excluding carboxylic acids is 1. The van der Waals surface area contributed by atoms with E-state index in [2.05, 4.69) is 49.8 Å². The van der Waals surface area contributed by atoms with Gasteiger partial charge in [-0.1, -0.05) is 0 Å². The predicted octanol–water partition coefficient (Wildman–Crippen LogP) is 3.85. The Labute approximate surface area is 113 Å². The molecule has 0 spiro atoms. The normalized spacial score (nSPS) is 44.4. The van der Waals surface area contributed by atoms with E-state index in [1.165, 1.54) is 6.29 Å². The molecular weight excluding hydrogens is 354 g/mol. The molecule has 3 atom stereocenters. The van der Waals surface area contributed by atoms with Gasteiger partial charge >= 0.3 is 114 Å². The summed E-state index contributed by atoms with van der Waals surface area (Å²) in [6.07, 6.45) is 3.36. The molecule has 3 fully saturated rings. The average Bonchev–Trinajstić information content (AvgIpc) is 2.61. The summed E-state index contributed by atoms with van der Waals surface area (Å²) < 4.78 is 5.63. The Morgan fingerprint density at radius 1 is 1.50 bits per heavy atom. The van der Waals surface area contributed by atoms with E-state index in [1.54, 1.807) is 0 Å². The monoisotopic (exact) mass is 371 g/mol. The van der Waals surface area contributed by atoms with E-state index < -0.39 is 0 Å². The second kappa shape index (κ2) is 4.07. The fraction of sp³-hybridized carbons (Fsp3) is 0.909. The van der Waals surface area contributed by atoms with Crippen molar-refractivity contribution in [1.82, 2.24) is 0 Å². The van der Waals surface area contributed by atoms with Gasteiger partial charge in [0.25, 0.3) is 0 Å².